The minimum Gasteiger partial charge on any atom is -0.456 e. The van der Waals surface area contributed by atoms with Crippen LogP contribution in [0.25, 0.3) is 12.2 Å². The van der Waals surface area contributed by atoms with E-state index in [1.165, 1.54) is 11.1 Å². The third-order valence-electron chi connectivity index (χ3n) is 2.96. The number of fused-ring (bicyclic) bond motifs is 2. The minimum absolute atomic E-state index is 0.906. The lowest BCUT2D eigenvalue weighted by molar-refractivity contribution is 0.471. The van der Waals surface area contributed by atoms with Gasteiger partial charge < -0.3 is 4.74 Å². The van der Waals surface area contributed by atoms with Crippen LogP contribution < -0.4 is 15.2 Å². The molecule has 0 atom stereocenters. The molecule has 1 heteroatoms. The molecule has 2 aromatic carbocycles. The highest BCUT2D eigenvalue weighted by Crippen LogP contribution is 2.31. The monoisotopic (exact) mass is 208 g/mol. The van der Waals surface area contributed by atoms with Crippen molar-refractivity contribution in [1.29, 1.82) is 0 Å². The van der Waals surface area contributed by atoms with E-state index in [4.69, 9.17) is 4.74 Å². The van der Waals surface area contributed by atoms with Crippen LogP contribution >= 0.6 is 0 Å². The number of hydrogen-bond donors (Lipinski definition) is 0. The zero-order valence-corrected chi connectivity index (χ0v) is 9.16. The zero-order chi connectivity index (χ0) is 11.1. The number of benzene rings is 2. The Bertz CT molecular complexity index is 668. The summed E-state index contributed by atoms with van der Waals surface area (Å²) >= 11 is 0. The molecule has 78 valence electrons. The smallest absolute Gasteiger partial charge is 0.135 e. The third-order valence-corrected chi connectivity index (χ3v) is 2.96. The van der Waals surface area contributed by atoms with Crippen molar-refractivity contribution in [2.24, 2.45) is 0 Å². The van der Waals surface area contributed by atoms with E-state index in [-0.39, 0.29) is 0 Å². The van der Waals surface area contributed by atoms with E-state index < -0.39 is 0 Å². The van der Waals surface area contributed by atoms with E-state index in [1.54, 1.807) is 0 Å². The molecule has 0 fully saturated rings. The Morgan fingerprint density at radius 3 is 2.69 bits per heavy atom. The Hall–Kier alpha value is -2.02. The highest BCUT2D eigenvalue weighted by atomic mass is 16.5. The first kappa shape index (κ1) is 9.22. The van der Waals surface area contributed by atoms with Gasteiger partial charge in [-0.3, -0.25) is 0 Å². The number of hydrogen-bond acceptors (Lipinski definition) is 1. The molecule has 1 heterocycles. The summed E-state index contributed by atoms with van der Waals surface area (Å²) in [6, 6.07) is 14.2. The molecule has 0 saturated heterocycles. The number of rotatable bonds is 0. The van der Waals surface area contributed by atoms with E-state index in [0.717, 1.165) is 21.9 Å². The van der Waals surface area contributed by atoms with Gasteiger partial charge in [-0.1, -0.05) is 36.9 Å². The van der Waals surface area contributed by atoms with Crippen LogP contribution in [0.3, 0.4) is 0 Å². The van der Waals surface area contributed by atoms with Crippen LogP contribution in [0.1, 0.15) is 12.5 Å². The maximum absolute atomic E-state index is 5.87. The van der Waals surface area contributed by atoms with Crippen molar-refractivity contribution < 1.29 is 4.74 Å². The molecule has 0 radical (unpaired) electrons. The summed E-state index contributed by atoms with van der Waals surface area (Å²) in [6.45, 7) is 6.05. The molecule has 1 aliphatic rings. The average molecular weight is 208 g/mol. The Balaban J connectivity index is 2.42. The van der Waals surface area contributed by atoms with Crippen molar-refractivity contribution >= 4 is 12.2 Å². The molecule has 0 aliphatic carbocycles. The van der Waals surface area contributed by atoms with Gasteiger partial charge in [-0.15, -0.1) is 0 Å². The van der Waals surface area contributed by atoms with Crippen LogP contribution in [-0.4, -0.2) is 0 Å². The number of para-hydroxylation sites is 1. The molecule has 0 amide bonds. The second-order valence-corrected chi connectivity index (χ2v) is 4.05. The summed E-state index contributed by atoms with van der Waals surface area (Å²) in [7, 11) is 0. The Labute approximate surface area is 94.3 Å². The lowest BCUT2D eigenvalue weighted by Gasteiger charge is -2.18. The SMILES string of the molecule is C=c1ccc2c(c1)Oc1ccccc1C=2C. The van der Waals surface area contributed by atoms with Crippen molar-refractivity contribution in [3.05, 3.63) is 58.5 Å². The first-order valence-electron chi connectivity index (χ1n) is 5.33. The summed E-state index contributed by atoms with van der Waals surface area (Å²) in [5, 5.41) is 2.14. The van der Waals surface area contributed by atoms with Crippen LogP contribution in [0.5, 0.6) is 11.5 Å². The lowest BCUT2D eigenvalue weighted by Crippen LogP contribution is -2.17. The van der Waals surface area contributed by atoms with E-state index in [9.17, 15) is 0 Å². The number of ether oxygens (including phenoxy) is 1. The third kappa shape index (κ3) is 1.25. The van der Waals surface area contributed by atoms with Crippen LogP contribution in [0.2, 0.25) is 0 Å². The largest absolute Gasteiger partial charge is 0.456 e. The van der Waals surface area contributed by atoms with Crippen molar-refractivity contribution in [1.82, 2.24) is 0 Å². The highest BCUT2D eigenvalue weighted by Gasteiger charge is 2.13. The topological polar surface area (TPSA) is 9.23 Å². The molecule has 3 rings (SSSR count). The second kappa shape index (κ2) is 3.24. The Morgan fingerprint density at radius 1 is 1.00 bits per heavy atom. The fourth-order valence-corrected chi connectivity index (χ4v) is 2.09. The predicted molar refractivity (Wildman–Crippen MR) is 65.9 cm³/mol. The van der Waals surface area contributed by atoms with Gasteiger partial charge in [0.05, 0.1) is 0 Å². The van der Waals surface area contributed by atoms with Crippen LogP contribution in [-0.2, 0) is 0 Å². The van der Waals surface area contributed by atoms with Gasteiger partial charge in [0.1, 0.15) is 11.5 Å². The normalized spacial score (nSPS) is 12.7. The van der Waals surface area contributed by atoms with Gasteiger partial charge in [0.25, 0.3) is 0 Å². The summed E-state index contributed by atoms with van der Waals surface area (Å²) in [4.78, 5) is 0. The van der Waals surface area contributed by atoms with E-state index in [2.05, 4.69) is 25.6 Å². The van der Waals surface area contributed by atoms with Crippen molar-refractivity contribution in [2.75, 3.05) is 0 Å². The average Bonchev–Trinajstić information content (AvgIpc) is 2.29. The molecular weight excluding hydrogens is 196 g/mol. The van der Waals surface area contributed by atoms with Gasteiger partial charge in [-0.05, 0) is 29.8 Å². The Morgan fingerprint density at radius 2 is 1.81 bits per heavy atom. The fourth-order valence-electron chi connectivity index (χ4n) is 2.09. The quantitative estimate of drug-likeness (QED) is 0.646. The van der Waals surface area contributed by atoms with E-state index in [1.807, 2.05) is 30.3 Å². The molecule has 0 aromatic heterocycles. The molecule has 0 N–H and O–H groups in total. The summed E-state index contributed by atoms with van der Waals surface area (Å²) < 4.78 is 5.87. The van der Waals surface area contributed by atoms with Gasteiger partial charge in [0.2, 0.25) is 0 Å². The van der Waals surface area contributed by atoms with E-state index >= 15 is 0 Å². The molecule has 0 saturated carbocycles. The maximum Gasteiger partial charge on any atom is 0.135 e. The molecule has 2 aromatic rings. The molecule has 0 unspecified atom stereocenters. The summed E-state index contributed by atoms with van der Waals surface area (Å²) in [5.74, 6) is 1.84. The second-order valence-electron chi connectivity index (χ2n) is 4.05. The van der Waals surface area contributed by atoms with Crippen LogP contribution in [0.4, 0.5) is 0 Å². The molecule has 0 spiro atoms. The highest BCUT2D eigenvalue weighted by molar-refractivity contribution is 5.72. The van der Waals surface area contributed by atoms with Crippen molar-refractivity contribution in [3.63, 3.8) is 0 Å². The van der Waals surface area contributed by atoms with Crippen molar-refractivity contribution in [3.8, 4) is 11.5 Å². The zero-order valence-electron chi connectivity index (χ0n) is 9.16. The van der Waals surface area contributed by atoms with Gasteiger partial charge >= 0.3 is 0 Å². The lowest BCUT2D eigenvalue weighted by atomic mass is 10.0. The molecule has 0 bridgehead atoms. The first-order chi connectivity index (χ1) is 7.75. The van der Waals surface area contributed by atoms with Gasteiger partial charge in [0.15, 0.2) is 0 Å². The first-order valence-corrected chi connectivity index (χ1v) is 5.33. The molecular formula is C15H12O. The molecule has 1 nitrogen and oxygen atoms in total. The summed E-state index contributed by atoms with van der Waals surface area (Å²) in [6.07, 6.45) is 0. The maximum atomic E-state index is 5.87. The van der Waals surface area contributed by atoms with Gasteiger partial charge in [0, 0.05) is 10.8 Å². The van der Waals surface area contributed by atoms with E-state index in [0.29, 0.717) is 0 Å². The minimum atomic E-state index is 0.906. The van der Waals surface area contributed by atoms with Crippen LogP contribution in [0.15, 0.2) is 42.5 Å². The molecule has 16 heavy (non-hydrogen) atoms. The standard InChI is InChI=1S/C15H12O/c1-10-7-8-13-11(2)12-5-3-4-6-14(12)16-15(13)9-10/h3-9H,1H2,2H3. The fraction of sp³-hybridized carbons (Fsp3) is 0.0667. The predicted octanol–water partition coefficient (Wildman–Crippen LogP) is 2.42. The van der Waals surface area contributed by atoms with Gasteiger partial charge in [-0.2, -0.15) is 0 Å². The van der Waals surface area contributed by atoms with Gasteiger partial charge in [-0.25, -0.2) is 0 Å². The Kier molecular flexibility index (Phi) is 1.87. The van der Waals surface area contributed by atoms with Crippen LogP contribution in [0, 0.1) is 0 Å². The molecule has 1 aliphatic heterocycles. The van der Waals surface area contributed by atoms with Crippen molar-refractivity contribution in [2.45, 2.75) is 6.92 Å². The summed E-state index contributed by atoms with van der Waals surface area (Å²) in [5.41, 5.74) is 2.43.